The normalized spacial score (nSPS) is 8.91. The monoisotopic (exact) mass is 349 g/mol. The van der Waals surface area contributed by atoms with Crippen LogP contribution in [0, 0.1) is 0 Å². The molecule has 0 saturated carbocycles. The minimum atomic E-state index is -0.833. The summed E-state index contributed by atoms with van der Waals surface area (Å²) >= 11 is 0.932. The molecule has 0 unspecified atom stereocenters. The van der Waals surface area contributed by atoms with E-state index in [1.54, 1.807) is 0 Å². The zero-order valence-corrected chi connectivity index (χ0v) is 13.0. The quantitative estimate of drug-likeness (QED) is 0.786. The number of carboxylic acid groups (broad SMARTS) is 1. The molecule has 0 bridgehead atoms. The number of rotatable bonds is 3. The molecule has 4 heteroatoms. The van der Waals surface area contributed by atoms with Gasteiger partial charge in [0.25, 0.3) is 5.97 Å². The van der Waals surface area contributed by atoms with Gasteiger partial charge in [-0.15, -0.1) is 0 Å². The maximum atomic E-state index is 9.00. The summed E-state index contributed by atoms with van der Waals surface area (Å²) in [6.07, 6.45) is 0.434. The van der Waals surface area contributed by atoms with Crippen LogP contribution in [0.4, 0.5) is 0 Å². The first-order valence-electron chi connectivity index (χ1n) is 3.61. The van der Waals surface area contributed by atoms with Crippen molar-refractivity contribution < 1.29 is 40.8 Å². The van der Waals surface area contributed by atoms with Crippen molar-refractivity contribution in [3.05, 3.63) is 0 Å². The zero-order chi connectivity index (χ0) is 9.28. The Bertz CT molecular complexity index is 89.7. The molecular formula is C7H15HgO3. The van der Waals surface area contributed by atoms with Gasteiger partial charge in [-0.1, -0.05) is 0 Å². The van der Waals surface area contributed by atoms with E-state index in [0.717, 1.165) is 39.7 Å². The van der Waals surface area contributed by atoms with E-state index in [9.17, 15) is 0 Å². The van der Waals surface area contributed by atoms with E-state index in [1.165, 1.54) is 3.93 Å². The van der Waals surface area contributed by atoms with E-state index in [4.69, 9.17) is 14.6 Å². The molecule has 0 fully saturated rings. The molecule has 0 aromatic rings. The van der Waals surface area contributed by atoms with Crippen LogP contribution in [-0.4, -0.2) is 23.8 Å². The van der Waals surface area contributed by atoms with Gasteiger partial charge in [0.05, 0.1) is 0 Å². The van der Waals surface area contributed by atoms with Crippen LogP contribution in [-0.2, 0) is 35.7 Å². The second-order valence-corrected chi connectivity index (χ2v) is 5.04. The van der Waals surface area contributed by atoms with Crippen LogP contribution in [0.3, 0.4) is 0 Å². The second kappa shape index (κ2) is 10.4. The topological polar surface area (TPSA) is 46.5 Å². The molecule has 3 nitrogen and oxygen atoms in total. The Labute approximate surface area is 84.1 Å². The molecule has 63 valence electrons. The van der Waals surface area contributed by atoms with Crippen molar-refractivity contribution in [1.82, 2.24) is 0 Å². The first-order chi connectivity index (χ1) is 5.00. The average Bonchev–Trinajstić information content (AvgIpc) is 1.82. The number of ether oxygens (including phenoxy) is 1. The third kappa shape index (κ3) is 38.1. The molecular weight excluding hydrogens is 333 g/mol. The fourth-order valence-corrected chi connectivity index (χ4v) is 0.967. The molecule has 0 rings (SSSR count). The molecule has 0 atom stereocenters. The zero-order valence-electron chi connectivity index (χ0n) is 7.46. The Morgan fingerprint density at radius 3 is 2.09 bits per heavy atom. The van der Waals surface area contributed by atoms with Crippen molar-refractivity contribution in [3.63, 3.8) is 0 Å². The molecule has 0 aromatic carbocycles. The summed E-state index contributed by atoms with van der Waals surface area (Å²) in [5, 5.41) is 7.42. The summed E-state index contributed by atoms with van der Waals surface area (Å²) < 4.78 is 6.56. The van der Waals surface area contributed by atoms with Gasteiger partial charge in [0.2, 0.25) is 0 Å². The van der Waals surface area contributed by atoms with Crippen molar-refractivity contribution >= 4 is 5.97 Å². The van der Waals surface area contributed by atoms with Gasteiger partial charge in [-0.05, 0) is 0 Å². The van der Waals surface area contributed by atoms with Gasteiger partial charge in [0.1, 0.15) is 0 Å². The SMILES string of the molecule is CC(=O)O.CC(C)OC[CH2][Hg]. The summed E-state index contributed by atoms with van der Waals surface area (Å²) in [5.74, 6) is -0.833. The molecule has 11 heavy (non-hydrogen) atoms. The molecule has 0 aliphatic rings. The number of hydrogen-bond acceptors (Lipinski definition) is 2. The van der Waals surface area contributed by atoms with E-state index in [1.807, 2.05) is 0 Å². The fraction of sp³-hybridized carbons (Fsp3) is 0.857. The van der Waals surface area contributed by atoms with Crippen LogP contribution in [0.5, 0.6) is 0 Å². The van der Waals surface area contributed by atoms with Crippen molar-refractivity contribution in [1.29, 1.82) is 0 Å². The first kappa shape index (κ1) is 13.9. The number of carboxylic acids is 1. The van der Waals surface area contributed by atoms with Crippen LogP contribution >= 0.6 is 0 Å². The molecule has 0 aliphatic heterocycles. The van der Waals surface area contributed by atoms with Crippen LogP contribution < -0.4 is 0 Å². The minimum absolute atomic E-state index is 0.434. The van der Waals surface area contributed by atoms with Gasteiger partial charge in [-0.3, -0.25) is 4.79 Å². The van der Waals surface area contributed by atoms with Gasteiger partial charge in [-0.2, -0.15) is 0 Å². The number of aliphatic carboxylic acids is 1. The van der Waals surface area contributed by atoms with Crippen molar-refractivity contribution in [2.45, 2.75) is 30.8 Å². The predicted octanol–water partition coefficient (Wildman–Crippen LogP) is 1.47. The third-order valence-corrected chi connectivity index (χ3v) is 1.72. The Morgan fingerprint density at radius 2 is 2.00 bits per heavy atom. The van der Waals surface area contributed by atoms with Gasteiger partial charge in [0.15, 0.2) is 0 Å². The predicted molar refractivity (Wildman–Crippen MR) is 39.2 cm³/mol. The van der Waals surface area contributed by atoms with Gasteiger partial charge < -0.3 is 5.11 Å². The van der Waals surface area contributed by atoms with Crippen molar-refractivity contribution in [2.24, 2.45) is 0 Å². The molecule has 1 N–H and O–H groups in total. The van der Waals surface area contributed by atoms with Crippen LogP contribution in [0.1, 0.15) is 20.8 Å². The molecule has 0 saturated heterocycles. The molecule has 0 spiro atoms. The molecule has 0 amide bonds. The molecule has 0 radical (unpaired) electrons. The molecule has 0 aliphatic carbocycles. The molecule has 0 heterocycles. The van der Waals surface area contributed by atoms with Crippen molar-refractivity contribution in [3.8, 4) is 0 Å². The van der Waals surface area contributed by atoms with E-state index in [-0.39, 0.29) is 0 Å². The van der Waals surface area contributed by atoms with Crippen molar-refractivity contribution in [2.75, 3.05) is 6.61 Å². The van der Waals surface area contributed by atoms with E-state index in [2.05, 4.69) is 13.8 Å². The first-order valence-corrected chi connectivity index (χ1v) is 7.49. The Kier molecular flexibility index (Phi) is 13.1. The molecule has 0 aromatic heterocycles. The van der Waals surface area contributed by atoms with E-state index < -0.39 is 5.97 Å². The summed E-state index contributed by atoms with van der Waals surface area (Å²) in [5.41, 5.74) is 0. The Balaban J connectivity index is 0. The van der Waals surface area contributed by atoms with Crippen LogP contribution in [0.25, 0.3) is 0 Å². The summed E-state index contributed by atoms with van der Waals surface area (Å²) in [6.45, 7) is 6.22. The number of hydrogen-bond donors (Lipinski definition) is 1. The van der Waals surface area contributed by atoms with Crippen LogP contribution in [0.15, 0.2) is 0 Å². The summed E-state index contributed by atoms with van der Waals surface area (Å²) in [4.78, 5) is 9.00. The van der Waals surface area contributed by atoms with E-state index >= 15 is 0 Å². The number of carbonyl (C=O) groups is 1. The van der Waals surface area contributed by atoms with Crippen LogP contribution in [0.2, 0.25) is 3.93 Å². The fourth-order valence-electron chi connectivity index (χ4n) is 0.319. The third-order valence-electron chi connectivity index (χ3n) is 0.596. The summed E-state index contributed by atoms with van der Waals surface area (Å²) in [6, 6.07) is 0. The van der Waals surface area contributed by atoms with Gasteiger partial charge in [-0.25, -0.2) is 0 Å². The average molecular weight is 348 g/mol. The van der Waals surface area contributed by atoms with Gasteiger partial charge >= 0.3 is 61.3 Å². The standard InChI is InChI=1S/C5H11O.C2H4O2.Hg/c1-4-6-5(2)3;1-2(3)4;/h5H,1,4H2,2-3H3;1H3,(H,3,4);. The second-order valence-electron chi connectivity index (χ2n) is 2.29. The van der Waals surface area contributed by atoms with E-state index in [0.29, 0.717) is 6.10 Å². The summed E-state index contributed by atoms with van der Waals surface area (Å²) in [7, 11) is 0. The van der Waals surface area contributed by atoms with Gasteiger partial charge in [0, 0.05) is 6.92 Å². The Hall–Kier alpha value is 0.365. The maximum absolute atomic E-state index is 9.00. The Morgan fingerprint density at radius 1 is 1.64 bits per heavy atom.